The van der Waals surface area contributed by atoms with Crippen molar-refractivity contribution in [3.63, 3.8) is 0 Å². The molecule has 2 aromatic heterocycles. The highest BCUT2D eigenvalue weighted by atomic mass is 19.2. The highest BCUT2D eigenvalue weighted by molar-refractivity contribution is 5.98. The molecule has 0 radical (unpaired) electrons. The Labute approximate surface area is 196 Å². The van der Waals surface area contributed by atoms with E-state index < -0.39 is 11.6 Å². The van der Waals surface area contributed by atoms with Crippen LogP contribution in [-0.4, -0.2) is 27.4 Å². The number of amides is 1. The van der Waals surface area contributed by atoms with E-state index in [-0.39, 0.29) is 17.3 Å². The van der Waals surface area contributed by atoms with Crippen LogP contribution >= 0.6 is 0 Å². The van der Waals surface area contributed by atoms with Crippen LogP contribution in [-0.2, 0) is 13.0 Å². The van der Waals surface area contributed by atoms with Crippen LogP contribution in [0.25, 0.3) is 11.4 Å². The lowest BCUT2D eigenvalue weighted by Gasteiger charge is -2.13. The molecule has 0 aliphatic rings. The van der Waals surface area contributed by atoms with Crippen molar-refractivity contribution < 1.29 is 13.6 Å². The Morgan fingerprint density at radius 1 is 0.971 bits per heavy atom. The van der Waals surface area contributed by atoms with E-state index in [9.17, 15) is 13.6 Å². The topological polar surface area (TPSA) is 79.8 Å². The number of carbonyl (C=O) groups excluding carboxylic acids is 1. The number of hydrogen-bond acceptors (Lipinski definition) is 5. The molecular formula is C26H23F2N5O. The summed E-state index contributed by atoms with van der Waals surface area (Å²) in [7, 11) is 0. The van der Waals surface area contributed by atoms with Gasteiger partial charge < -0.3 is 10.6 Å². The standard InChI is InChI=1S/C26H23F2N5O/c1-17-4-2-5-18(12-17)9-11-30-25-21(26(34)32-15-19-6-3-10-29-14-19)16-31-24(33-25)20-7-8-22(27)23(28)13-20/h2-8,10,12-14,16H,9,11,15H2,1H3,(H,32,34)(H,30,31,33). The number of benzene rings is 2. The Hall–Kier alpha value is -4.20. The minimum Gasteiger partial charge on any atom is -0.369 e. The summed E-state index contributed by atoms with van der Waals surface area (Å²) in [5.74, 6) is -1.81. The monoisotopic (exact) mass is 459 g/mol. The first-order valence-electron chi connectivity index (χ1n) is 10.8. The third kappa shape index (κ3) is 5.78. The molecule has 0 bridgehead atoms. The van der Waals surface area contributed by atoms with E-state index in [2.05, 4.69) is 31.7 Å². The zero-order valence-corrected chi connectivity index (χ0v) is 18.6. The summed E-state index contributed by atoms with van der Waals surface area (Å²) in [4.78, 5) is 25.6. The number of hydrogen-bond donors (Lipinski definition) is 2. The molecule has 2 N–H and O–H groups in total. The number of aromatic nitrogens is 3. The van der Waals surface area contributed by atoms with Crippen molar-refractivity contribution in [2.45, 2.75) is 19.9 Å². The van der Waals surface area contributed by atoms with Crippen molar-refractivity contribution in [1.29, 1.82) is 0 Å². The van der Waals surface area contributed by atoms with Crippen molar-refractivity contribution >= 4 is 11.7 Å². The van der Waals surface area contributed by atoms with Crippen molar-refractivity contribution in [1.82, 2.24) is 20.3 Å². The maximum atomic E-state index is 13.7. The first kappa shape index (κ1) is 23.0. The third-order valence-electron chi connectivity index (χ3n) is 5.18. The molecule has 2 aromatic carbocycles. The Morgan fingerprint density at radius 3 is 2.59 bits per heavy atom. The molecule has 0 fully saturated rings. The molecule has 0 unspecified atom stereocenters. The van der Waals surface area contributed by atoms with Gasteiger partial charge in [0.2, 0.25) is 0 Å². The quantitative estimate of drug-likeness (QED) is 0.399. The fourth-order valence-corrected chi connectivity index (χ4v) is 3.43. The minimum atomic E-state index is -0.992. The van der Waals surface area contributed by atoms with Crippen LogP contribution in [0, 0.1) is 18.6 Å². The molecule has 4 aromatic rings. The molecule has 0 atom stereocenters. The van der Waals surface area contributed by atoms with Gasteiger partial charge in [0.25, 0.3) is 5.91 Å². The van der Waals surface area contributed by atoms with Gasteiger partial charge in [-0.25, -0.2) is 18.7 Å². The van der Waals surface area contributed by atoms with Crippen LogP contribution < -0.4 is 10.6 Å². The lowest BCUT2D eigenvalue weighted by Crippen LogP contribution is -2.25. The number of rotatable bonds is 8. The van der Waals surface area contributed by atoms with Gasteiger partial charge in [0.15, 0.2) is 17.5 Å². The predicted molar refractivity (Wildman–Crippen MR) is 126 cm³/mol. The van der Waals surface area contributed by atoms with E-state index in [1.165, 1.54) is 12.3 Å². The summed E-state index contributed by atoms with van der Waals surface area (Å²) in [5.41, 5.74) is 3.71. The molecule has 172 valence electrons. The third-order valence-corrected chi connectivity index (χ3v) is 5.18. The summed E-state index contributed by atoms with van der Waals surface area (Å²) in [6, 6.07) is 15.2. The number of pyridine rings is 1. The summed E-state index contributed by atoms with van der Waals surface area (Å²) in [6.45, 7) is 2.83. The number of nitrogens with zero attached hydrogens (tertiary/aromatic N) is 3. The van der Waals surface area contributed by atoms with Gasteiger partial charge >= 0.3 is 0 Å². The number of halogens is 2. The van der Waals surface area contributed by atoms with Gasteiger partial charge in [0.1, 0.15) is 11.4 Å². The molecular weight excluding hydrogens is 436 g/mol. The molecule has 1 amide bonds. The second kappa shape index (κ2) is 10.6. The highest BCUT2D eigenvalue weighted by Crippen LogP contribution is 2.22. The summed E-state index contributed by atoms with van der Waals surface area (Å²) < 4.78 is 27.1. The summed E-state index contributed by atoms with van der Waals surface area (Å²) in [6.07, 6.45) is 5.43. The Kier molecular flexibility index (Phi) is 7.17. The molecule has 0 aliphatic carbocycles. The molecule has 6 nitrogen and oxygen atoms in total. The number of anilines is 1. The zero-order valence-electron chi connectivity index (χ0n) is 18.6. The van der Waals surface area contributed by atoms with Crippen LogP contribution in [0.3, 0.4) is 0 Å². The average Bonchev–Trinajstić information content (AvgIpc) is 2.85. The van der Waals surface area contributed by atoms with Crippen molar-refractivity contribution in [2.24, 2.45) is 0 Å². The van der Waals surface area contributed by atoms with Crippen molar-refractivity contribution in [3.8, 4) is 11.4 Å². The SMILES string of the molecule is Cc1cccc(CCNc2nc(-c3ccc(F)c(F)c3)ncc2C(=O)NCc2cccnc2)c1. The van der Waals surface area contributed by atoms with E-state index in [1.54, 1.807) is 18.5 Å². The maximum absolute atomic E-state index is 13.7. The number of aryl methyl sites for hydroxylation is 1. The Morgan fingerprint density at radius 2 is 1.82 bits per heavy atom. The minimum absolute atomic E-state index is 0.181. The van der Waals surface area contributed by atoms with E-state index in [4.69, 9.17) is 0 Å². The average molecular weight is 460 g/mol. The summed E-state index contributed by atoms with van der Waals surface area (Å²) >= 11 is 0. The van der Waals surface area contributed by atoms with Crippen LogP contribution in [0.1, 0.15) is 27.0 Å². The largest absolute Gasteiger partial charge is 0.369 e. The first-order valence-corrected chi connectivity index (χ1v) is 10.8. The van der Waals surface area contributed by atoms with Crippen molar-refractivity contribution in [2.75, 3.05) is 11.9 Å². The van der Waals surface area contributed by atoms with Crippen LogP contribution in [0.5, 0.6) is 0 Å². The van der Waals surface area contributed by atoms with Crippen molar-refractivity contribution in [3.05, 3.63) is 107 Å². The second-order valence-corrected chi connectivity index (χ2v) is 7.79. The van der Waals surface area contributed by atoms with Gasteiger partial charge in [-0.05, 0) is 48.7 Å². The van der Waals surface area contributed by atoms with Gasteiger partial charge in [0, 0.05) is 37.2 Å². The normalized spacial score (nSPS) is 10.7. The highest BCUT2D eigenvalue weighted by Gasteiger charge is 2.16. The van der Waals surface area contributed by atoms with E-state index in [0.29, 0.717) is 30.9 Å². The van der Waals surface area contributed by atoms with E-state index in [0.717, 1.165) is 28.8 Å². The lowest BCUT2D eigenvalue weighted by atomic mass is 10.1. The zero-order chi connectivity index (χ0) is 23.9. The molecule has 4 rings (SSSR count). The van der Waals surface area contributed by atoms with E-state index >= 15 is 0 Å². The summed E-state index contributed by atoms with van der Waals surface area (Å²) in [5, 5.41) is 6.04. The lowest BCUT2D eigenvalue weighted by molar-refractivity contribution is 0.0951. The molecule has 0 saturated heterocycles. The fraction of sp³-hybridized carbons (Fsp3) is 0.154. The molecule has 0 spiro atoms. The van der Waals surface area contributed by atoms with Gasteiger partial charge in [-0.3, -0.25) is 9.78 Å². The van der Waals surface area contributed by atoms with Gasteiger partial charge in [-0.15, -0.1) is 0 Å². The van der Waals surface area contributed by atoms with E-state index in [1.807, 2.05) is 31.2 Å². The van der Waals surface area contributed by atoms with Gasteiger partial charge in [-0.1, -0.05) is 35.9 Å². The molecule has 34 heavy (non-hydrogen) atoms. The molecule has 0 saturated carbocycles. The maximum Gasteiger partial charge on any atom is 0.256 e. The Balaban J connectivity index is 1.56. The van der Waals surface area contributed by atoms with Crippen LogP contribution in [0.4, 0.5) is 14.6 Å². The number of nitrogens with one attached hydrogen (secondary N) is 2. The molecule has 2 heterocycles. The number of carbonyl (C=O) groups is 1. The first-order chi connectivity index (χ1) is 16.5. The van der Waals surface area contributed by atoms with Gasteiger partial charge in [-0.2, -0.15) is 0 Å². The smallest absolute Gasteiger partial charge is 0.256 e. The molecule has 0 aliphatic heterocycles. The van der Waals surface area contributed by atoms with Crippen LogP contribution in [0.2, 0.25) is 0 Å². The second-order valence-electron chi connectivity index (χ2n) is 7.79. The predicted octanol–water partition coefficient (Wildman–Crippen LogP) is 4.71. The fourth-order valence-electron chi connectivity index (χ4n) is 3.43. The molecule has 8 heteroatoms. The Bertz CT molecular complexity index is 1300. The van der Waals surface area contributed by atoms with Crippen LogP contribution in [0.15, 0.2) is 73.2 Å². The van der Waals surface area contributed by atoms with Gasteiger partial charge in [0.05, 0.1) is 0 Å².